The summed E-state index contributed by atoms with van der Waals surface area (Å²) in [6, 6.07) is 11.9. The number of nitrogens with zero attached hydrogens (tertiary/aromatic N) is 3. The van der Waals surface area contributed by atoms with E-state index in [0.717, 1.165) is 11.0 Å². The van der Waals surface area contributed by atoms with Gasteiger partial charge in [0.2, 0.25) is 0 Å². The third-order valence-electron chi connectivity index (χ3n) is 4.28. The highest BCUT2D eigenvalue weighted by atomic mass is 16.6. The zero-order valence-electron chi connectivity index (χ0n) is 14.6. The number of nitro groups is 1. The summed E-state index contributed by atoms with van der Waals surface area (Å²) in [5.74, 6) is -1.05. The molecule has 28 heavy (non-hydrogen) atoms. The van der Waals surface area contributed by atoms with Crippen LogP contribution in [0.15, 0.2) is 42.5 Å². The van der Waals surface area contributed by atoms with Crippen LogP contribution < -0.4 is 4.74 Å². The van der Waals surface area contributed by atoms with Gasteiger partial charge in [-0.3, -0.25) is 19.7 Å². The third-order valence-corrected chi connectivity index (χ3v) is 4.28. The van der Waals surface area contributed by atoms with Crippen molar-refractivity contribution in [2.24, 2.45) is 0 Å². The molecular formula is C19H15N3O6. The normalized spacial score (nSPS) is 13.8. The second kappa shape index (κ2) is 7.85. The Bertz CT molecular complexity index is 962. The molecule has 142 valence electrons. The van der Waals surface area contributed by atoms with Gasteiger partial charge in [0.05, 0.1) is 34.3 Å². The third kappa shape index (κ3) is 3.54. The lowest BCUT2D eigenvalue weighted by Crippen LogP contribution is -2.39. The maximum absolute atomic E-state index is 12.3. The number of nitro benzene ring substituents is 1. The molecule has 1 atom stereocenters. The number of non-ortho nitro benzene ring substituents is 1. The topological polar surface area (TPSA) is 134 Å². The summed E-state index contributed by atoms with van der Waals surface area (Å²) in [5, 5.41) is 30.2. The zero-order valence-corrected chi connectivity index (χ0v) is 14.6. The molecule has 3 rings (SSSR count). The van der Waals surface area contributed by atoms with Gasteiger partial charge in [0.1, 0.15) is 18.0 Å². The van der Waals surface area contributed by atoms with Crippen molar-refractivity contribution in [1.29, 1.82) is 5.26 Å². The Balaban J connectivity index is 1.59. The number of amides is 2. The van der Waals surface area contributed by atoms with Crippen LogP contribution in [0, 0.1) is 21.4 Å². The first-order valence-corrected chi connectivity index (χ1v) is 8.40. The molecular weight excluding hydrogens is 366 g/mol. The van der Waals surface area contributed by atoms with Crippen LogP contribution >= 0.6 is 0 Å². The van der Waals surface area contributed by atoms with E-state index < -0.39 is 23.0 Å². The van der Waals surface area contributed by atoms with E-state index in [0.29, 0.717) is 0 Å². The number of benzene rings is 2. The molecule has 1 N–H and O–H groups in total. The van der Waals surface area contributed by atoms with Crippen LogP contribution in [-0.4, -0.2) is 39.6 Å². The van der Waals surface area contributed by atoms with Crippen LogP contribution in [0.1, 0.15) is 39.1 Å². The molecule has 2 aromatic carbocycles. The van der Waals surface area contributed by atoms with E-state index in [-0.39, 0.29) is 47.6 Å². The standard InChI is InChI=1S/C19H15N3O6/c20-11-12-7-8-13(22(26)27)10-16(12)28-9-3-6-17(23)21-18(24)14-4-1-2-5-15(14)19(21)25/h1-2,4-5,7-8,10,17,23H,3,6,9H2. The van der Waals surface area contributed by atoms with Crippen molar-refractivity contribution in [3.63, 3.8) is 0 Å². The summed E-state index contributed by atoms with van der Waals surface area (Å²) < 4.78 is 5.42. The van der Waals surface area contributed by atoms with E-state index in [4.69, 9.17) is 10.00 Å². The van der Waals surface area contributed by atoms with Crippen LogP contribution in [0.4, 0.5) is 5.69 Å². The average molecular weight is 381 g/mol. The van der Waals surface area contributed by atoms with Gasteiger partial charge in [-0.05, 0) is 31.0 Å². The summed E-state index contributed by atoms with van der Waals surface area (Å²) in [7, 11) is 0. The number of nitriles is 1. The SMILES string of the molecule is N#Cc1ccc([N+](=O)[O-])cc1OCCCC(O)N1C(=O)c2ccccc2C1=O. The van der Waals surface area contributed by atoms with Crippen molar-refractivity contribution < 1.29 is 24.4 Å². The second-order valence-corrected chi connectivity index (χ2v) is 6.05. The fourth-order valence-corrected chi connectivity index (χ4v) is 2.89. The second-order valence-electron chi connectivity index (χ2n) is 6.05. The highest BCUT2D eigenvalue weighted by Crippen LogP contribution is 2.26. The van der Waals surface area contributed by atoms with Crippen molar-refractivity contribution >= 4 is 17.5 Å². The monoisotopic (exact) mass is 381 g/mol. The number of hydrogen-bond donors (Lipinski definition) is 1. The van der Waals surface area contributed by atoms with Crippen molar-refractivity contribution in [2.75, 3.05) is 6.61 Å². The molecule has 0 saturated carbocycles. The van der Waals surface area contributed by atoms with E-state index >= 15 is 0 Å². The Kier molecular flexibility index (Phi) is 5.33. The number of imide groups is 1. The van der Waals surface area contributed by atoms with Crippen LogP contribution in [0.5, 0.6) is 5.75 Å². The summed E-state index contributed by atoms with van der Waals surface area (Å²) in [5.41, 5.74) is 0.433. The number of hydrogen-bond acceptors (Lipinski definition) is 7. The Morgan fingerprint density at radius 3 is 2.39 bits per heavy atom. The molecule has 0 bridgehead atoms. The fourth-order valence-electron chi connectivity index (χ4n) is 2.89. The van der Waals surface area contributed by atoms with Gasteiger partial charge in [0.15, 0.2) is 0 Å². The molecule has 0 aliphatic carbocycles. The van der Waals surface area contributed by atoms with E-state index in [1.54, 1.807) is 12.1 Å². The van der Waals surface area contributed by atoms with Gasteiger partial charge in [0.25, 0.3) is 17.5 Å². The molecule has 1 unspecified atom stereocenters. The molecule has 1 aliphatic heterocycles. The van der Waals surface area contributed by atoms with Crippen molar-refractivity contribution in [2.45, 2.75) is 19.1 Å². The first-order chi connectivity index (χ1) is 13.4. The number of rotatable bonds is 7. The zero-order chi connectivity index (χ0) is 20.3. The lowest BCUT2D eigenvalue weighted by atomic mass is 10.1. The van der Waals surface area contributed by atoms with Gasteiger partial charge < -0.3 is 9.84 Å². The molecule has 0 radical (unpaired) electrons. The molecule has 2 amide bonds. The average Bonchev–Trinajstić information content (AvgIpc) is 2.95. The lowest BCUT2D eigenvalue weighted by Gasteiger charge is -2.21. The van der Waals surface area contributed by atoms with Gasteiger partial charge in [-0.15, -0.1) is 0 Å². The van der Waals surface area contributed by atoms with Crippen LogP contribution in [0.3, 0.4) is 0 Å². The van der Waals surface area contributed by atoms with Gasteiger partial charge in [-0.2, -0.15) is 5.26 Å². The minimum absolute atomic E-state index is 0.0378. The smallest absolute Gasteiger partial charge is 0.273 e. The van der Waals surface area contributed by atoms with E-state index in [1.807, 2.05) is 6.07 Å². The summed E-state index contributed by atoms with van der Waals surface area (Å²) in [6.07, 6.45) is -1.01. The lowest BCUT2D eigenvalue weighted by molar-refractivity contribution is -0.384. The van der Waals surface area contributed by atoms with Crippen LogP contribution in [0.2, 0.25) is 0 Å². The van der Waals surface area contributed by atoms with E-state index in [2.05, 4.69) is 0 Å². The molecule has 0 aromatic heterocycles. The number of fused-ring (bicyclic) bond motifs is 1. The predicted octanol–water partition coefficient (Wildman–Crippen LogP) is 2.24. The number of aliphatic hydroxyl groups excluding tert-OH is 1. The van der Waals surface area contributed by atoms with Crippen molar-refractivity contribution in [3.05, 3.63) is 69.3 Å². The number of aliphatic hydroxyl groups is 1. The largest absolute Gasteiger partial charge is 0.492 e. The Morgan fingerprint density at radius 2 is 1.82 bits per heavy atom. The van der Waals surface area contributed by atoms with E-state index in [9.17, 15) is 24.8 Å². The molecule has 9 heteroatoms. The number of ether oxygens (including phenoxy) is 1. The summed E-state index contributed by atoms with van der Waals surface area (Å²) in [6.45, 7) is 0.0378. The van der Waals surface area contributed by atoms with Gasteiger partial charge in [0, 0.05) is 6.07 Å². The molecule has 9 nitrogen and oxygen atoms in total. The molecule has 0 fully saturated rings. The highest BCUT2D eigenvalue weighted by molar-refractivity contribution is 6.21. The Hall–Kier alpha value is -3.77. The molecule has 0 saturated heterocycles. The van der Waals surface area contributed by atoms with Gasteiger partial charge in [-0.25, -0.2) is 4.90 Å². The molecule has 2 aromatic rings. The minimum Gasteiger partial charge on any atom is -0.492 e. The first-order valence-electron chi connectivity index (χ1n) is 8.40. The van der Waals surface area contributed by atoms with E-state index in [1.165, 1.54) is 24.3 Å². The van der Waals surface area contributed by atoms with Crippen LogP contribution in [-0.2, 0) is 0 Å². The Labute approximate surface area is 159 Å². The van der Waals surface area contributed by atoms with Crippen molar-refractivity contribution in [3.8, 4) is 11.8 Å². The minimum atomic E-state index is -1.32. The predicted molar refractivity (Wildman–Crippen MR) is 95.5 cm³/mol. The molecule has 1 aliphatic rings. The van der Waals surface area contributed by atoms with Gasteiger partial charge in [-0.1, -0.05) is 12.1 Å². The molecule has 1 heterocycles. The highest BCUT2D eigenvalue weighted by Gasteiger charge is 2.38. The fraction of sp³-hybridized carbons (Fsp3) is 0.211. The van der Waals surface area contributed by atoms with Crippen molar-refractivity contribution in [1.82, 2.24) is 4.90 Å². The first kappa shape index (κ1) is 19.0. The summed E-state index contributed by atoms with van der Waals surface area (Å²) >= 11 is 0. The summed E-state index contributed by atoms with van der Waals surface area (Å²) in [4.78, 5) is 35.6. The Morgan fingerprint density at radius 1 is 1.18 bits per heavy atom. The maximum atomic E-state index is 12.3. The number of carbonyl (C=O) groups excluding carboxylic acids is 2. The molecule has 0 spiro atoms. The van der Waals surface area contributed by atoms with Crippen LogP contribution in [0.25, 0.3) is 0 Å². The quantitative estimate of drug-likeness (QED) is 0.336. The van der Waals surface area contributed by atoms with Gasteiger partial charge >= 0.3 is 0 Å². The maximum Gasteiger partial charge on any atom is 0.273 e. The number of carbonyl (C=O) groups is 2.